The Labute approximate surface area is 222 Å². The number of carbonyl (C=O) groups excluding carboxylic acids is 2. The van der Waals surface area contributed by atoms with Gasteiger partial charge in [-0.15, -0.1) is 10.2 Å². The van der Waals surface area contributed by atoms with E-state index in [2.05, 4.69) is 15.5 Å². The van der Waals surface area contributed by atoms with Gasteiger partial charge in [0.1, 0.15) is 5.01 Å². The standard InChI is InChI=1S/C28H34N4O4S/c1-19-8-11-21(12-9-19)26-30-31-28(37-26)29-25(33)15-17-32(27(34)22-6-4-5-7-22)16-14-20-10-13-23(35-2)24(18-20)36-3/h8-13,18,22H,4-7,14-17H2,1-3H3,(H,29,31,33). The smallest absolute Gasteiger partial charge is 0.227 e. The summed E-state index contributed by atoms with van der Waals surface area (Å²) in [5.74, 6) is 1.35. The number of anilines is 1. The van der Waals surface area contributed by atoms with Crippen molar-refractivity contribution >= 4 is 28.3 Å². The Balaban J connectivity index is 1.36. The van der Waals surface area contributed by atoms with Gasteiger partial charge in [0.2, 0.25) is 16.9 Å². The minimum atomic E-state index is -0.179. The molecule has 1 N–H and O–H groups in total. The molecule has 2 amide bonds. The van der Waals surface area contributed by atoms with E-state index in [1.165, 1.54) is 16.9 Å². The topological polar surface area (TPSA) is 93.6 Å². The fraction of sp³-hybridized carbons (Fsp3) is 0.429. The molecule has 1 aliphatic rings. The summed E-state index contributed by atoms with van der Waals surface area (Å²) in [6, 6.07) is 13.8. The maximum atomic E-state index is 13.3. The first kappa shape index (κ1) is 26.6. The zero-order valence-corrected chi connectivity index (χ0v) is 22.5. The summed E-state index contributed by atoms with van der Waals surface area (Å²) in [5.41, 5.74) is 3.18. The third-order valence-electron chi connectivity index (χ3n) is 6.71. The van der Waals surface area contributed by atoms with Crippen molar-refractivity contribution in [2.45, 2.75) is 45.4 Å². The molecular weight excluding hydrogens is 488 g/mol. The molecule has 8 nitrogen and oxygen atoms in total. The van der Waals surface area contributed by atoms with Crippen LogP contribution >= 0.6 is 11.3 Å². The number of aryl methyl sites for hydroxylation is 1. The summed E-state index contributed by atoms with van der Waals surface area (Å²) >= 11 is 1.34. The van der Waals surface area contributed by atoms with E-state index in [1.807, 2.05) is 54.3 Å². The predicted molar refractivity (Wildman–Crippen MR) is 145 cm³/mol. The molecule has 2 aromatic carbocycles. The van der Waals surface area contributed by atoms with Gasteiger partial charge in [-0.25, -0.2) is 0 Å². The summed E-state index contributed by atoms with van der Waals surface area (Å²) in [6.07, 6.45) is 4.87. The number of hydrogen-bond donors (Lipinski definition) is 1. The van der Waals surface area contributed by atoms with Crippen LogP contribution in [-0.4, -0.2) is 54.2 Å². The fourth-order valence-corrected chi connectivity index (χ4v) is 5.33. The normalized spacial score (nSPS) is 13.4. The Morgan fingerprint density at radius 1 is 1.00 bits per heavy atom. The lowest BCUT2D eigenvalue weighted by Gasteiger charge is -2.25. The Kier molecular flexibility index (Phi) is 9.11. The molecule has 9 heteroatoms. The molecule has 37 heavy (non-hydrogen) atoms. The second-order valence-corrected chi connectivity index (χ2v) is 10.3. The molecule has 1 aromatic heterocycles. The van der Waals surface area contributed by atoms with E-state index >= 15 is 0 Å². The molecule has 0 bridgehead atoms. The molecule has 4 rings (SSSR count). The third kappa shape index (κ3) is 7.07. The van der Waals surface area contributed by atoms with Crippen molar-refractivity contribution in [1.29, 1.82) is 0 Å². The van der Waals surface area contributed by atoms with Gasteiger partial charge < -0.3 is 19.7 Å². The van der Waals surface area contributed by atoms with Crippen LogP contribution in [0, 0.1) is 12.8 Å². The van der Waals surface area contributed by atoms with Crippen molar-refractivity contribution in [3.05, 3.63) is 53.6 Å². The highest BCUT2D eigenvalue weighted by Gasteiger charge is 2.27. The Hall–Kier alpha value is -3.46. The van der Waals surface area contributed by atoms with Gasteiger partial charge in [-0.3, -0.25) is 9.59 Å². The molecule has 1 heterocycles. The van der Waals surface area contributed by atoms with E-state index in [4.69, 9.17) is 9.47 Å². The maximum absolute atomic E-state index is 13.3. The van der Waals surface area contributed by atoms with Gasteiger partial charge in [0.25, 0.3) is 0 Å². The third-order valence-corrected chi connectivity index (χ3v) is 7.60. The van der Waals surface area contributed by atoms with Gasteiger partial charge in [0, 0.05) is 31.0 Å². The molecule has 0 unspecified atom stereocenters. The van der Waals surface area contributed by atoms with Gasteiger partial charge in [-0.2, -0.15) is 0 Å². The molecular formula is C28H34N4O4S. The molecule has 196 valence electrons. The molecule has 1 aliphatic carbocycles. The van der Waals surface area contributed by atoms with Crippen molar-refractivity contribution < 1.29 is 19.1 Å². The number of hydrogen-bond acceptors (Lipinski definition) is 7. The highest BCUT2D eigenvalue weighted by molar-refractivity contribution is 7.18. The van der Waals surface area contributed by atoms with Gasteiger partial charge in [-0.1, -0.05) is 60.1 Å². The minimum Gasteiger partial charge on any atom is -0.493 e. The first-order chi connectivity index (χ1) is 18.0. The second kappa shape index (κ2) is 12.7. The maximum Gasteiger partial charge on any atom is 0.227 e. The summed E-state index contributed by atoms with van der Waals surface area (Å²) in [7, 11) is 3.22. The highest BCUT2D eigenvalue weighted by atomic mass is 32.1. The number of methoxy groups -OCH3 is 2. The van der Waals surface area contributed by atoms with Crippen LogP contribution in [0.3, 0.4) is 0 Å². The molecule has 3 aromatic rings. The van der Waals surface area contributed by atoms with Crippen molar-refractivity contribution in [1.82, 2.24) is 15.1 Å². The van der Waals surface area contributed by atoms with E-state index in [1.54, 1.807) is 14.2 Å². The number of amides is 2. The molecule has 0 atom stereocenters. The average molecular weight is 523 g/mol. The zero-order chi connectivity index (χ0) is 26.2. The van der Waals surface area contributed by atoms with Crippen LogP contribution in [0.5, 0.6) is 11.5 Å². The average Bonchev–Trinajstić information content (AvgIpc) is 3.61. The zero-order valence-electron chi connectivity index (χ0n) is 21.7. The molecule has 0 saturated heterocycles. The first-order valence-corrected chi connectivity index (χ1v) is 13.5. The van der Waals surface area contributed by atoms with E-state index in [-0.39, 0.29) is 24.2 Å². The summed E-state index contributed by atoms with van der Waals surface area (Å²) < 4.78 is 10.7. The number of ether oxygens (including phenoxy) is 2. The second-order valence-electron chi connectivity index (χ2n) is 9.32. The minimum absolute atomic E-state index is 0.0497. The van der Waals surface area contributed by atoms with Crippen LogP contribution in [-0.2, 0) is 16.0 Å². The Bertz CT molecular complexity index is 1210. The number of rotatable bonds is 11. The van der Waals surface area contributed by atoms with E-state index in [0.717, 1.165) is 41.8 Å². The number of nitrogens with zero attached hydrogens (tertiary/aromatic N) is 3. The van der Waals surface area contributed by atoms with Crippen LogP contribution < -0.4 is 14.8 Å². The van der Waals surface area contributed by atoms with Crippen LogP contribution in [0.4, 0.5) is 5.13 Å². The summed E-state index contributed by atoms with van der Waals surface area (Å²) in [4.78, 5) is 27.9. The number of carbonyl (C=O) groups is 2. The van der Waals surface area contributed by atoms with Gasteiger partial charge in [0.05, 0.1) is 14.2 Å². The van der Waals surface area contributed by atoms with Crippen molar-refractivity contribution in [2.75, 3.05) is 32.6 Å². The number of nitrogens with one attached hydrogen (secondary N) is 1. The lowest BCUT2D eigenvalue weighted by molar-refractivity contribution is -0.135. The fourth-order valence-electron chi connectivity index (χ4n) is 4.57. The van der Waals surface area contributed by atoms with Crippen molar-refractivity contribution in [2.24, 2.45) is 5.92 Å². The summed E-state index contributed by atoms with van der Waals surface area (Å²) in [6.45, 7) is 2.93. The molecule has 1 fully saturated rings. The molecule has 0 aliphatic heterocycles. The quantitative estimate of drug-likeness (QED) is 0.376. The Morgan fingerprint density at radius 2 is 1.73 bits per heavy atom. The Morgan fingerprint density at radius 3 is 2.43 bits per heavy atom. The van der Waals surface area contributed by atoms with E-state index < -0.39 is 0 Å². The van der Waals surface area contributed by atoms with Crippen LogP contribution in [0.25, 0.3) is 10.6 Å². The molecule has 1 saturated carbocycles. The summed E-state index contributed by atoms with van der Waals surface area (Å²) in [5, 5.41) is 12.4. The number of benzene rings is 2. The number of aromatic nitrogens is 2. The largest absolute Gasteiger partial charge is 0.493 e. The lowest BCUT2D eigenvalue weighted by Crippen LogP contribution is -2.38. The first-order valence-electron chi connectivity index (χ1n) is 12.7. The molecule has 0 spiro atoms. The van der Waals surface area contributed by atoms with Gasteiger partial charge >= 0.3 is 0 Å². The van der Waals surface area contributed by atoms with Crippen LogP contribution in [0.15, 0.2) is 42.5 Å². The van der Waals surface area contributed by atoms with E-state index in [0.29, 0.717) is 36.1 Å². The van der Waals surface area contributed by atoms with Crippen molar-refractivity contribution in [3.63, 3.8) is 0 Å². The van der Waals surface area contributed by atoms with E-state index in [9.17, 15) is 9.59 Å². The van der Waals surface area contributed by atoms with Gasteiger partial charge in [0.15, 0.2) is 11.5 Å². The highest BCUT2D eigenvalue weighted by Crippen LogP contribution is 2.30. The van der Waals surface area contributed by atoms with Crippen LogP contribution in [0.2, 0.25) is 0 Å². The van der Waals surface area contributed by atoms with Gasteiger partial charge in [-0.05, 0) is 43.9 Å². The SMILES string of the molecule is COc1ccc(CCN(CCC(=O)Nc2nnc(-c3ccc(C)cc3)s2)C(=O)C2CCCC2)cc1OC. The lowest BCUT2D eigenvalue weighted by atomic mass is 10.1. The van der Waals surface area contributed by atoms with Crippen molar-refractivity contribution in [3.8, 4) is 22.1 Å². The predicted octanol–water partition coefficient (Wildman–Crippen LogP) is 5.12. The van der Waals surface area contributed by atoms with Crippen LogP contribution in [0.1, 0.15) is 43.2 Å². The molecule has 0 radical (unpaired) electrons. The monoisotopic (exact) mass is 522 g/mol.